The van der Waals surface area contributed by atoms with Gasteiger partial charge in [0, 0.05) is 18.8 Å². The first kappa shape index (κ1) is 11.9. The number of halogens is 1. The zero-order valence-corrected chi connectivity index (χ0v) is 10.5. The summed E-state index contributed by atoms with van der Waals surface area (Å²) in [5, 5.41) is 16.6. The average Bonchev–Trinajstić information content (AvgIpc) is 2.67. The molecule has 0 aliphatic heterocycles. The van der Waals surface area contributed by atoms with Gasteiger partial charge < -0.3 is 10.3 Å². The smallest absolute Gasteiger partial charge is 0.197 e. The van der Waals surface area contributed by atoms with Gasteiger partial charge in [-0.2, -0.15) is 0 Å². The molecule has 2 aromatic heterocycles. The standard InChI is InChI=1S/C9H9ClN6S/c1-16-4-14-15-9(16)17-8-6(10)5(7(11)12)2-3-13-8/h2-4H,1H3,(H3,11,12). The van der Waals surface area contributed by atoms with Crippen LogP contribution in [0.15, 0.2) is 28.8 Å². The molecule has 88 valence electrons. The van der Waals surface area contributed by atoms with Gasteiger partial charge >= 0.3 is 0 Å². The first-order valence-electron chi connectivity index (χ1n) is 4.60. The Morgan fingerprint density at radius 3 is 2.94 bits per heavy atom. The molecule has 0 atom stereocenters. The number of pyridine rings is 1. The molecule has 0 radical (unpaired) electrons. The molecular formula is C9H9ClN6S. The Morgan fingerprint density at radius 2 is 2.35 bits per heavy atom. The second kappa shape index (κ2) is 4.72. The van der Waals surface area contributed by atoms with E-state index in [0.717, 1.165) is 0 Å². The number of nitrogen functional groups attached to an aromatic ring is 1. The van der Waals surface area contributed by atoms with Crippen LogP contribution in [0.3, 0.4) is 0 Å². The van der Waals surface area contributed by atoms with E-state index < -0.39 is 0 Å². The maximum absolute atomic E-state index is 7.39. The van der Waals surface area contributed by atoms with Crippen molar-refractivity contribution in [2.24, 2.45) is 12.8 Å². The summed E-state index contributed by atoms with van der Waals surface area (Å²) < 4.78 is 1.75. The number of aromatic nitrogens is 4. The zero-order valence-electron chi connectivity index (χ0n) is 8.88. The highest BCUT2D eigenvalue weighted by atomic mass is 35.5. The molecule has 0 aliphatic carbocycles. The van der Waals surface area contributed by atoms with Crippen LogP contribution in [0.5, 0.6) is 0 Å². The summed E-state index contributed by atoms with van der Waals surface area (Å²) in [6.45, 7) is 0. The number of nitrogens with zero attached hydrogens (tertiary/aromatic N) is 4. The third kappa shape index (κ3) is 2.40. The predicted molar refractivity (Wildman–Crippen MR) is 65.4 cm³/mol. The zero-order chi connectivity index (χ0) is 12.4. The average molecular weight is 269 g/mol. The summed E-state index contributed by atoms with van der Waals surface area (Å²) >= 11 is 7.38. The Kier molecular flexibility index (Phi) is 3.30. The molecule has 8 heteroatoms. The van der Waals surface area contributed by atoms with Crippen molar-refractivity contribution < 1.29 is 0 Å². The normalized spacial score (nSPS) is 10.5. The molecule has 0 amide bonds. The molecule has 6 nitrogen and oxygen atoms in total. The Bertz CT molecular complexity index is 566. The first-order chi connectivity index (χ1) is 8.09. The van der Waals surface area contributed by atoms with Crippen LogP contribution < -0.4 is 5.73 Å². The molecule has 17 heavy (non-hydrogen) atoms. The van der Waals surface area contributed by atoms with Gasteiger partial charge in [-0.15, -0.1) is 10.2 Å². The first-order valence-corrected chi connectivity index (χ1v) is 5.80. The lowest BCUT2D eigenvalue weighted by molar-refractivity contribution is 0.787. The molecular weight excluding hydrogens is 260 g/mol. The fourth-order valence-corrected chi connectivity index (χ4v) is 2.25. The fourth-order valence-electron chi connectivity index (χ4n) is 1.16. The van der Waals surface area contributed by atoms with Crippen molar-refractivity contribution in [2.45, 2.75) is 10.2 Å². The Labute approximate surface area is 107 Å². The summed E-state index contributed by atoms with van der Waals surface area (Å²) in [6, 6.07) is 1.60. The fraction of sp³-hybridized carbons (Fsp3) is 0.111. The van der Waals surface area contributed by atoms with Gasteiger partial charge in [0.15, 0.2) is 5.16 Å². The van der Waals surface area contributed by atoms with E-state index in [0.29, 0.717) is 20.8 Å². The van der Waals surface area contributed by atoms with Crippen LogP contribution in [0, 0.1) is 5.41 Å². The highest BCUT2D eigenvalue weighted by Gasteiger charge is 2.13. The van der Waals surface area contributed by atoms with Crippen LogP contribution in [0.2, 0.25) is 5.02 Å². The molecule has 0 saturated carbocycles. The van der Waals surface area contributed by atoms with Gasteiger partial charge in [-0.3, -0.25) is 5.41 Å². The molecule has 0 aliphatic rings. The van der Waals surface area contributed by atoms with Gasteiger partial charge in [-0.05, 0) is 17.8 Å². The number of amidine groups is 1. The van der Waals surface area contributed by atoms with Crippen LogP contribution in [0.4, 0.5) is 0 Å². The summed E-state index contributed by atoms with van der Waals surface area (Å²) in [6.07, 6.45) is 3.15. The monoisotopic (exact) mass is 268 g/mol. The number of aryl methyl sites for hydroxylation is 1. The quantitative estimate of drug-likeness (QED) is 0.646. The van der Waals surface area contributed by atoms with Gasteiger partial charge in [0.05, 0.1) is 5.02 Å². The predicted octanol–water partition coefficient (Wildman–Crippen LogP) is 1.30. The van der Waals surface area contributed by atoms with E-state index >= 15 is 0 Å². The van der Waals surface area contributed by atoms with E-state index in [1.54, 1.807) is 23.2 Å². The maximum Gasteiger partial charge on any atom is 0.197 e. The van der Waals surface area contributed by atoms with E-state index in [2.05, 4.69) is 15.2 Å². The van der Waals surface area contributed by atoms with Crippen molar-refractivity contribution >= 4 is 29.2 Å². The summed E-state index contributed by atoms with van der Waals surface area (Å²) in [5.74, 6) is -0.0859. The molecule has 0 saturated heterocycles. The van der Waals surface area contributed by atoms with Gasteiger partial charge in [0.25, 0.3) is 0 Å². The second-order valence-corrected chi connectivity index (χ2v) is 4.55. The van der Waals surface area contributed by atoms with Gasteiger partial charge in [0.1, 0.15) is 17.2 Å². The third-order valence-electron chi connectivity index (χ3n) is 2.01. The molecule has 2 rings (SSSR count). The molecule has 0 unspecified atom stereocenters. The number of nitrogens with one attached hydrogen (secondary N) is 1. The number of hydrogen-bond acceptors (Lipinski definition) is 5. The molecule has 0 spiro atoms. The molecule has 0 bridgehead atoms. The SMILES string of the molecule is Cn1cnnc1Sc1nccc(C(=N)N)c1Cl. The van der Waals surface area contributed by atoms with Crippen molar-refractivity contribution in [3.63, 3.8) is 0 Å². The minimum absolute atomic E-state index is 0.0859. The molecule has 0 fully saturated rings. The molecule has 2 heterocycles. The summed E-state index contributed by atoms with van der Waals surface area (Å²) in [7, 11) is 1.82. The molecule has 3 N–H and O–H groups in total. The Balaban J connectivity index is 2.37. The number of rotatable bonds is 3. The molecule has 2 aromatic rings. The summed E-state index contributed by atoms with van der Waals surface area (Å²) in [5.41, 5.74) is 5.88. The molecule has 0 aromatic carbocycles. The topological polar surface area (TPSA) is 93.5 Å². The van der Waals surface area contributed by atoms with Crippen LogP contribution >= 0.6 is 23.4 Å². The van der Waals surface area contributed by atoms with E-state index in [4.69, 9.17) is 22.7 Å². The largest absolute Gasteiger partial charge is 0.384 e. The van der Waals surface area contributed by atoms with Crippen molar-refractivity contribution in [2.75, 3.05) is 0 Å². The van der Waals surface area contributed by atoms with E-state index in [1.807, 2.05) is 7.05 Å². The number of nitrogens with two attached hydrogens (primary N) is 1. The lowest BCUT2D eigenvalue weighted by atomic mass is 10.2. The van der Waals surface area contributed by atoms with Crippen LogP contribution in [-0.2, 0) is 7.05 Å². The van der Waals surface area contributed by atoms with E-state index in [9.17, 15) is 0 Å². The minimum Gasteiger partial charge on any atom is -0.384 e. The van der Waals surface area contributed by atoms with Gasteiger partial charge in [0.2, 0.25) is 0 Å². The lowest BCUT2D eigenvalue weighted by Gasteiger charge is -2.06. The minimum atomic E-state index is -0.0859. The number of hydrogen-bond donors (Lipinski definition) is 2. The maximum atomic E-state index is 7.39. The Hall–Kier alpha value is -1.60. The third-order valence-corrected chi connectivity index (χ3v) is 3.55. The highest BCUT2D eigenvalue weighted by molar-refractivity contribution is 7.99. The summed E-state index contributed by atoms with van der Waals surface area (Å²) in [4.78, 5) is 4.14. The van der Waals surface area contributed by atoms with E-state index in [-0.39, 0.29) is 5.84 Å². The van der Waals surface area contributed by atoms with Gasteiger partial charge in [-0.25, -0.2) is 4.98 Å². The second-order valence-electron chi connectivity index (χ2n) is 3.22. The van der Waals surface area contributed by atoms with Crippen molar-refractivity contribution in [1.82, 2.24) is 19.7 Å². The van der Waals surface area contributed by atoms with Crippen molar-refractivity contribution in [3.8, 4) is 0 Å². The van der Waals surface area contributed by atoms with E-state index in [1.165, 1.54) is 11.8 Å². The Morgan fingerprint density at radius 1 is 1.59 bits per heavy atom. The van der Waals surface area contributed by atoms with Crippen LogP contribution in [0.1, 0.15) is 5.56 Å². The van der Waals surface area contributed by atoms with Crippen molar-refractivity contribution in [1.29, 1.82) is 5.41 Å². The van der Waals surface area contributed by atoms with Crippen LogP contribution in [-0.4, -0.2) is 25.6 Å². The van der Waals surface area contributed by atoms with Gasteiger partial charge in [-0.1, -0.05) is 11.6 Å². The van der Waals surface area contributed by atoms with Crippen molar-refractivity contribution in [3.05, 3.63) is 29.2 Å². The van der Waals surface area contributed by atoms with Crippen LogP contribution in [0.25, 0.3) is 0 Å². The highest BCUT2D eigenvalue weighted by Crippen LogP contribution is 2.31. The lowest BCUT2D eigenvalue weighted by Crippen LogP contribution is -2.12.